The first-order valence-corrected chi connectivity index (χ1v) is 8.71. The Kier molecular flexibility index (Phi) is 6.56. The Balaban J connectivity index is 2.22. The average molecular weight is 349 g/mol. The molecule has 0 atom stereocenters. The molecule has 1 fully saturated rings. The first-order valence-electron chi connectivity index (χ1n) is 8.71. The number of amides is 1. The first kappa shape index (κ1) is 19.4. The summed E-state index contributed by atoms with van der Waals surface area (Å²) >= 11 is 0. The second-order valence-corrected chi connectivity index (χ2v) is 6.44. The van der Waals surface area contributed by atoms with Gasteiger partial charge in [0.1, 0.15) is 0 Å². The Hall–Kier alpha value is -1.92. The zero-order valence-electron chi connectivity index (χ0n) is 15.2. The molecule has 6 heteroatoms. The van der Waals surface area contributed by atoms with Crippen molar-refractivity contribution >= 4 is 11.9 Å². The SMILES string of the molecule is CCc1cc(C(=O)OC)cc(CC)c1CC(=O)NC1(CCO)COC1. The minimum atomic E-state index is -0.448. The second kappa shape index (κ2) is 8.45. The third-order valence-corrected chi connectivity index (χ3v) is 4.71. The maximum Gasteiger partial charge on any atom is 0.337 e. The Morgan fingerprint density at radius 1 is 1.24 bits per heavy atom. The molecule has 1 saturated heterocycles. The number of hydrogen-bond donors (Lipinski definition) is 2. The number of nitrogens with one attached hydrogen (secondary N) is 1. The molecule has 0 radical (unpaired) electrons. The van der Waals surface area contributed by atoms with E-state index in [1.54, 1.807) is 0 Å². The van der Waals surface area contributed by atoms with E-state index < -0.39 is 5.54 Å². The summed E-state index contributed by atoms with van der Waals surface area (Å²) in [6.07, 6.45) is 2.19. The van der Waals surface area contributed by atoms with Crippen molar-refractivity contribution in [3.05, 3.63) is 34.4 Å². The van der Waals surface area contributed by atoms with Gasteiger partial charge in [0.25, 0.3) is 0 Å². The number of rotatable bonds is 8. The molecule has 2 N–H and O–H groups in total. The van der Waals surface area contributed by atoms with Gasteiger partial charge in [-0.05, 0) is 48.1 Å². The fraction of sp³-hybridized carbons (Fsp3) is 0.579. The monoisotopic (exact) mass is 349 g/mol. The van der Waals surface area contributed by atoms with Crippen molar-refractivity contribution in [2.75, 3.05) is 26.9 Å². The standard InChI is InChI=1S/C19H27NO5/c1-4-13-8-15(18(23)24-3)9-14(5-2)16(13)10-17(22)20-19(6-7-21)11-25-12-19/h8-9,21H,4-7,10-12H2,1-3H3,(H,20,22). The van der Waals surface area contributed by atoms with E-state index >= 15 is 0 Å². The van der Waals surface area contributed by atoms with Gasteiger partial charge in [-0.15, -0.1) is 0 Å². The van der Waals surface area contributed by atoms with Crippen LogP contribution in [-0.2, 0) is 33.5 Å². The van der Waals surface area contributed by atoms with E-state index in [0.29, 0.717) is 25.2 Å². The van der Waals surface area contributed by atoms with Gasteiger partial charge >= 0.3 is 5.97 Å². The van der Waals surface area contributed by atoms with E-state index in [2.05, 4.69) is 5.32 Å². The molecule has 138 valence electrons. The van der Waals surface area contributed by atoms with Crippen molar-refractivity contribution < 1.29 is 24.2 Å². The number of hydrogen-bond acceptors (Lipinski definition) is 5. The van der Waals surface area contributed by atoms with Crippen LogP contribution < -0.4 is 5.32 Å². The van der Waals surface area contributed by atoms with Gasteiger partial charge in [-0.1, -0.05) is 13.8 Å². The van der Waals surface area contributed by atoms with E-state index in [9.17, 15) is 14.7 Å². The van der Waals surface area contributed by atoms with E-state index in [1.807, 2.05) is 26.0 Å². The molecule has 1 aromatic carbocycles. The Labute approximate surface area is 148 Å². The van der Waals surface area contributed by atoms with Gasteiger partial charge < -0.3 is 19.9 Å². The lowest BCUT2D eigenvalue weighted by molar-refractivity contribution is -0.133. The maximum absolute atomic E-state index is 12.6. The van der Waals surface area contributed by atoms with Gasteiger partial charge in [-0.2, -0.15) is 0 Å². The predicted molar refractivity (Wildman–Crippen MR) is 93.6 cm³/mol. The average Bonchev–Trinajstić information content (AvgIpc) is 2.59. The van der Waals surface area contributed by atoms with Crippen molar-refractivity contribution in [2.45, 2.75) is 45.1 Å². The van der Waals surface area contributed by atoms with Crippen LogP contribution in [0.4, 0.5) is 0 Å². The summed E-state index contributed by atoms with van der Waals surface area (Å²) in [5, 5.41) is 12.2. The largest absolute Gasteiger partial charge is 0.465 e. The van der Waals surface area contributed by atoms with Gasteiger partial charge in [0.05, 0.1) is 37.8 Å². The number of carbonyl (C=O) groups is 2. The highest BCUT2D eigenvalue weighted by Crippen LogP contribution is 2.24. The van der Waals surface area contributed by atoms with Crippen LogP contribution in [0.1, 0.15) is 47.3 Å². The van der Waals surface area contributed by atoms with Crippen molar-refractivity contribution in [3.63, 3.8) is 0 Å². The number of ether oxygens (including phenoxy) is 2. The lowest BCUT2D eigenvalue weighted by atomic mass is 9.90. The number of benzene rings is 1. The fourth-order valence-electron chi connectivity index (χ4n) is 3.23. The summed E-state index contributed by atoms with van der Waals surface area (Å²) in [7, 11) is 1.36. The maximum atomic E-state index is 12.6. The minimum Gasteiger partial charge on any atom is -0.465 e. The van der Waals surface area contributed by atoms with Crippen LogP contribution in [0, 0.1) is 0 Å². The number of aliphatic hydroxyl groups is 1. The molecule has 1 aromatic rings. The summed E-state index contributed by atoms with van der Waals surface area (Å²) < 4.78 is 10.0. The number of esters is 1. The highest BCUT2D eigenvalue weighted by Gasteiger charge is 2.39. The Morgan fingerprint density at radius 2 is 1.84 bits per heavy atom. The predicted octanol–water partition coefficient (Wildman–Crippen LogP) is 1.41. The van der Waals surface area contributed by atoms with Crippen molar-refractivity contribution in [2.24, 2.45) is 0 Å². The molecule has 25 heavy (non-hydrogen) atoms. The number of methoxy groups -OCH3 is 1. The molecule has 0 aromatic heterocycles. The van der Waals surface area contributed by atoms with E-state index in [1.165, 1.54) is 7.11 Å². The topological polar surface area (TPSA) is 84.9 Å². The molecular formula is C19H27NO5. The smallest absolute Gasteiger partial charge is 0.337 e. The summed E-state index contributed by atoms with van der Waals surface area (Å²) in [5.41, 5.74) is 3.00. The molecule has 0 aliphatic carbocycles. The highest BCUT2D eigenvalue weighted by molar-refractivity contribution is 5.90. The third-order valence-electron chi connectivity index (χ3n) is 4.71. The summed E-state index contributed by atoms with van der Waals surface area (Å²) in [4.78, 5) is 24.4. The zero-order valence-corrected chi connectivity index (χ0v) is 15.2. The second-order valence-electron chi connectivity index (χ2n) is 6.44. The molecule has 0 unspecified atom stereocenters. The zero-order chi connectivity index (χ0) is 18.4. The third kappa shape index (κ3) is 4.38. The fourth-order valence-corrected chi connectivity index (χ4v) is 3.23. The van der Waals surface area contributed by atoms with Crippen LogP contribution in [0.3, 0.4) is 0 Å². The molecule has 2 rings (SSSR count). The van der Waals surface area contributed by atoms with Crippen molar-refractivity contribution in [3.8, 4) is 0 Å². The number of aryl methyl sites for hydroxylation is 2. The quantitative estimate of drug-likeness (QED) is 0.693. The Bertz CT molecular complexity index is 612. The molecule has 1 heterocycles. The lowest BCUT2D eigenvalue weighted by Gasteiger charge is -2.41. The molecule has 0 bridgehead atoms. The van der Waals surface area contributed by atoms with Crippen LogP contribution in [0.2, 0.25) is 0 Å². The van der Waals surface area contributed by atoms with Crippen molar-refractivity contribution in [1.29, 1.82) is 0 Å². The number of aliphatic hydroxyl groups excluding tert-OH is 1. The lowest BCUT2D eigenvalue weighted by Crippen LogP contribution is -2.62. The molecular weight excluding hydrogens is 322 g/mol. The normalized spacial score (nSPS) is 15.4. The van der Waals surface area contributed by atoms with Crippen LogP contribution in [0.25, 0.3) is 0 Å². The van der Waals surface area contributed by atoms with E-state index in [4.69, 9.17) is 9.47 Å². The molecule has 0 saturated carbocycles. The van der Waals surface area contributed by atoms with Gasteiger partial charge in [0.2, 0.25) is 5.91 Å². The van der Waals surface area contributed by atoms with Gasteiger partial charge in [0.15, 0.2) is 0 Å². The summed E-state index contributed by atoms with van der Waals surface area (Å²) in [6.45, 7) is 4.89. The molecule has 1 amide bonds. The highest BCUT2D eigenvalue weighted by atomic mass is 16.5. The van der Waals surface area contributed by atoms with Crippen molar-refractivity contribution in [1.82, 2.24) is 5.32 Å². The van der Waals surface area contributed by atoms with Crippen LogP contribution in [0.5, 0.6) is 0 Å². The molecule has 6 nitrogen and oxygen atoms in total. The van der Waals surface area contributed by atoms with Gasteiger partial charge in [-0.25, -0.2) is 4.79 Å². The van der Waals surface area contributed by atoms with Crippen LogP contribution in [0.15, 0.2) is 12.1 Å². The first-order chi connectivity index (χ1) is 12.0. The molecule has 0 spiro atoms. The van der Waals surface area contributed by atoms with Crippen LogP contribution in [-0.4, -0.2) is 49.5 Å². The van der Waals surface area contributed by atoms with E-state index in [0.717, 1.165) is 29.5 Å². The summed E-state index contributed by atoms with van der Waals surface area (Å²) in [6, 6.07) is 3.62. The summed E-state index contributed by atoms with van der Waals surface area (Å²) in [5.74, 6) is -0.458. The molecule has 1 aliphatic rings. The van der Waals surface area contributed by atoms with Gasteiger partial charge in [0, 0.05) is 6.61 Å². The Morgan fingerprint density at radius 3 is 2.24 bits per heavy atom. The minimum absolute atomic E-state index is 0.0118. The van der Waals surface area contributed by atoms with E-state index in [-0.39, 0.29) is 24.9 Å². The molecule has 1 aliphatic heterocycles. The van der Waals surface area contributed by atoms with Gasteiger partial charge in [-0.3, -0.25) is 4.79 Å². The van der Waals surface area contributed by atoms with Crippen LogP contribution >= 0.6 is 0 Å². The number of carbonyl (C=O) groups excluding carboxylic acids is 2.